The fraction of sp³-hybridized carbons (Fsp3) is 0.444. The number of hydrogen-bond donors (Lipinski definition) is 2. The first kappa shape index (κ1) is 16.9. The highest BCUT2D eigenvalue weighted by Crippen LogP contribution is 2.06. The molecule has 2 N–H and O–H groups in total. The summed E-state index contributed by atoms with van der Waals surface area (Å²) in [7, 11) is 0. The second kappa shape index (κ2) is 7.77. The minimum absolute atomic E-state index is 0.782. The van der Waals surface area contributed by atoms with Crippen LogP contribution in [0.5, 0.6) is 0 Å². The first-order valence-corrected chi connectivity index (χ1v) is 8.97. The Bertz CT molecular complexity index is 654. The average Bonchev–Trinajstić information content (AvgIpc) is 2.92. The zero-order valence-corrected chi connectivity index (χ0v) is 15.3. The third kappa shape index (κ3) is 4.13. The molecule has 5 nitrogen and oxygen atoms in total. The number of nitrogens with zero attached hydrogens (tertiary/aromatic N) is 3. The number of anilines is 1. The minimum atomic E-state index is 0.782. The smallest absolute Gasteiger partial charge is 0.174 e. The van der Waals surface area contributed by atoms with Crippen LogP contribution in [0.3, 0.4) is 0 Å². The highest BCUT2D eigenvalue weighted by molar-refractivity contribution is 7.80. The Labute approximate surface area is 149 Å². The molecule has 6 heteroatoms. The van der Waals surface area contributed by atoms with Crippen LogP contribution in [0.2, 0.25) is 0 Å². The van der Waals surface area contributed by atoms with Crippen molar-refractivity contribution in [2.24, 2.45) is 0 Å². The number of piperazine rings is 1. The van der Waals surface area contributed by atoms with Gasteiger partial charge in [0, 0.05) is 17.6 Å². The molecule has 0 radical (unpaired) electrons. The summed E-state index contributed by atoms with van der Waals surface area (Å²) in [5.41, 5.74) is 2.71. The van der Waals surface area contributed by atoms with Crippen molar-refractivity contribution in [3.05, 3.63) is 47.9 Å². The maximum absolute atomic E-state index is 5.52. The first-order valence-electron chi connectivity index (χ1n) is 8.57. The number of aryl methyl sites for hydroxylation is 2. The molecule has 0 bridgehead atoms. The van der Waals surface area contributed by atoms with Crippen LogP contribution in [-0.4, -0.2) is 52.3 Å². The van der Waals surface area contributed by atoms with Gasteiger partial charge in [-0.2, -0.15) is 0 Å². The molecule has 24 heavy (non-hydrogen) atoms. The molecule has 1 aliphatic heterocycles. The van der Waals surface area contributed by atoms with Crippen molar-refractivity contribution in [1.82, 2.24) is 14.5 Å². The first-order chi connectivity index (χ1) is 11.6. The van der Waals surface area contributed by atoms with E-state index in [4.69, 9.17) is 12.2 Å². The summed E-state index contributed by atoms with van der Waals surface area (Å²) in [5.74, 6) is 0.816. The topological polar surface area (TPSA) is 37.5 Å². The van der Waals surface area contributed by atoms with Gasteiger partial charge in [-0.15, -0.1) is 0 Å². The van der Waals surface area contributed by atoms with Gasteiger partial charge in [0.2, 0.25) is 0 Å². The number of hydrogen-bond acceptors (Lipinski definition) is 2. The van der Waals surface area contributed by atoms with E-state index in [1.807, 2.05) is 18.2 Å². The molecule has 0 aromatic carbocycles. The van der Waals surface area contributed by atoms with Crippen molar-refractivity contribution in [3.63, 3.8) is 0 Å². The summed E-state index contributed by atoms with van der Waals surface area (Å²) in [5, 5.41) is 4.01. The molecule has 0 unspecified atom stereocenters. The summed E-state index contributed by atoms with van der Waals surface area (Å²) in [6.45, 7) is 10.9. The SMILES string of the molecule is Cc1ccc(C)n1CC[NH+]1CCN(C(=S)Nc2ccccn2)CC1. The summed E-state index contributed by atoms with van der Waals surface area (Å²) in [6, 6.07) is 10.2. The molecule has 0 atom stereocenters. The molecule has 0 saturated carbocycles. The molecule has 0 spiro atoms. The van der Waals surface area contributed by atoms with E-state index in [0.29, 0.717) is 0 Å². The Morgan fingerprint density at radius 3 is 2.50 bits per heavy atom. The monoisotopic (exact) mass is 344 g/mol. The molecule has 0 amide bonds. The predicted octanol–water partition coefficient (Wildman–Crippen LogP) is 1.10. The Balaban J connectivity index is 1.45. The molecule has 128 valence electrons. The number of thiocarbonyl (C=S) groups is 1. The summed E-state index contributed by atoms with van der Waals surface area (Å²) < 4.78 is 2.41. The molecule has 2 aromatic rings. The van der Waals surface area contributed by atoms with Crippen molar-refractivity contribution in [2.75, 3.05) is 38.0 Å². The molecule has 3 rings (SSSR count). The minimum Gasteiger partial charge on any atom is -0.344 e. The molecule has 1 aliphatic rings. The van der Waals surface area contributed by atoms with Crippen LogP contribution in [0.1, 0.15) is 11.4 Å². The third-order valence-electron chi connectivity index (χ3n) is 4.76. The lowest BCUT2D eigenvalue weighted by atomic mass is 10.3. The lowest BCUT2D eigenvalue weighted by Crippen LogP contribution is -3.15. The van der Waals surface area contributed by atoms with Crippen molar-refractivity contribution in [1.29, 1.82) is 0 Å². The summed E-state index contributed by atoms with van der Waals surface area (Å²) in [6.07, 6.45) is 1.78. The van der Waals surface area contributed by atoms with E-state index in [1.54, 1.807) is 11.1 Å². The largest absolute Gasteiger partial charge is 0.344 e. The molecule has 1 saturated heterocycles. The quantitative estimate of drug-likeness (QED) is 0.815. The number of aromatic nitrogens is 2. The molecular weight excluding hydrogens is 318 g/mol. The molecular formula is C18H26N5S+. The van der Waals surface area contributed by atoms with Gasteiger partial charge < -0.3 is 19.7 Å². The zero-order valence-electron chi connectivity index (χ0n) is 14.5. The Kier molecular flexibility index (Phi) is 5.48. The van der Waals surface area contributed by atoms with Gasteiger partial charge in [0.1, 0.15) is 5.82 Å². The van der Waals surface area contributed by atoms with Gasteiger partial charge in [0.25, 0.3) is 0 Å². The van der Waals surface area contributed by atoms with Crippen LogP contribution in [-0.2, 0) is 6.54 Å². The average molecular weight is 345 g/mol. The number of quaternary nitrogens is 1. The van der Waals surface area contributed by atoms with E-state index in [-0.39, 0.29) is 0 Å². The third-order valence-corrected chi connectivity index (χ3v) is 5.12. The van der Waals surface area contributed by atoms with Gasteiger partial charge in [-0.1, -0.05) is 6.07 Å². The van der Waals surface area contributed by atoms with Crippen molar-refractivity contribution in [3.8, 4) is 0 Å². The summed E-state index contributed by atoms with van der Waals surface area (Å²) in [4.78, 5) is 8.17. The molecule has 2 aromatic heterocycles. The van der Waals surface area contributed by atoms with E-state index >= 15 is 0 Å². The molecule has 1 fully saturated rings. The summed E-state index contributed by atoms with van der Waals surface area (Å²) >= 11 is 5.52. The van der Waals surface area contributed by atoms with Gasteiger partial charge in [0.15, 0.2) is 5.11 Å². The van der Waals surface area contributed by atoms with Gasteiger partial charge in [0.05, 0.1) is 39.3 Å². The van der Waals surface area contributed by atoms with Gasteiger partial charge in [-0.3, -0.25) is 0 Å². The van der Waals surface area contributed by atoms with Crippen LogP contribution in [0.15, 0.2) is 36.5 Å². The van der Waals surface area contributed by atoms with Gasteiger partial charge in [-0.05, 0) is 50.3 Å². The van der Waals surface area contributed by atoms with Gasteiger partial charge >= 0.3 is 0 Å². The highest BCUT2D eigenvalue weighted by Gasteiger charge is 2.21. The second-order valence-corrected chi connectivity index (χ2v) is 6.79. The number of pyridine rings is 1. The lowest BCUT2D eigenvalue weighted by Gasteiger charge is -2.34. The van der Waals surface area contributed by atoms with Crippen LogP contribution < -0.4 is 10.2 Å². The van der Waals surface area contributed by atoms with Crippen LogP contribution in [0.4, 0.5) is 5.82 Å². The normalized spacial score (nSPS) is 15.5. The van der Waals surface area contributed by atoms with Crippen molar-refractivity contribution < 1.29 is 4.90 Å². The van der Waals surface area contributed by atoms with E-state index in [9.17, 15) is 0 Å². The van der Waals surface area contributed by atoms with E-state index in [2.05, 4.69) is 45.7 Å². The van der Waals surface area contributed by atoms with Crippen LogP contribution in [0.25, 0.3) is 0 Å². The number of rotatable bonds is 4. The fourth-order valence-electron chi connectivity index (χ4n) is 3.22. The maximum Gasteiger partial charge on any atom is 0.174 e. The van der Waals surface area contributed by atoms with Crippen LogP contribution in [0, 0.1) is 13.8 Å². The standard InChI is InChI=1S/C18H25N5S/c1-15-6-7-16(2)23(15)14-11-21-9-12-22(13-10-21)18(24)20-17-5-3-4-8-19-17/h3-8H,9-14H2,1-2H3,(H,19,20,24)/p+1. The molecule has 3 heterocycles. The van der Waals surface area contributed by atoms with Crippen molar-refractivity contribution in [2.45, 2.75) is 20.4 Å². The molecule has 0 aliphatic carbocycles. The highest BCUT2D eigenvalue weighted by atomic mass is 32.1. The fourth-order valence-corrected chi connectivity index (χ4v) is 3.51. The second-order valence-electron chi connectivity index (χ2n) is 6.40. The maximum atomic E-state index is 5.52. The Morgan fingerprint density at radius 2 is 1.88 bits per heavy atom. The van der Waals surface area contributed by atoms with E-state index < -0.39 is 0 Å². The van der Waals surface area contributed by atoms with Crippen molar-refractivity contribution >= 4 is 23.1 Å². The van der Waals surface area contributed by atoms with E-state index in [0.717, 1.165) is 43.7 Å². The Morgan fingerprint density at radius 1 is 1.17 bits per heavy atom. The van der Waals surface area contributed by atoms with Crippen LogP contribution >= 0.6 is 12.2 Å². The van der Waals surface area contributed by atoms with E-state index in [1.165, 1.54) is 17.9 Å². The number of nitrogens with one attached hydrogen (secondary N) is 2. The Hall–Kier alpha value is -1.92. The van der Waals surface area contributed by atoms with Gasteiger partial charge in [-0.25, -0.2) is 4.98 Å². The zero-order chi connectivity index (χ0) is 16.9. The predicted molar refractivity (Wildman–Crippen MR) is 102 cm³/mol. The lowest BCUT2D eigenvalue weighted by molar-refractivity contribution is -0.904.